The smallest absolute Gasteiger partial charge is 0.332 e. The van der Waals surface area contributed by atoms with E-state index in [9.17, 15) is 28.8 Å². The van der Waals surface area contributed by atoms with E-state index in [1.165, 1.54) is 11.9 Å². The molecule has 2 aromatic carbocycles. The molecule has 3 saturated heterocycles. The highest BCUT2D eigenvalue weighted by atomic mass is 35.5. The van der Waals surface area contributed by atoms with Crippen molar-refractivity contribution in [3.63, 3.8) is 0 Å². The number of hydrogen-bond donors (Lipinski definition) is 3. The van der Waals surface area contributed by atoms with Crippen LogP contribution in [0.1, 0.15) is 52.0 Å². The Kier molecular flexibility index (Phi) is 9.96. The number of fused-ring (bicyclic) bond motifs is 2. The maximum Gasteiger partial charge on any atom is 0.332 e. The average Bonchev–Trinajstić information content (AvgIpc) is 3.45. The van der Waals surface area contributed by atoms with Crippen LogP contribution in [0.2, 0.25) is 5.02 Å². The van der Waals surface area contributed by atoms with Gasteiger partial charge in [0.1, 0.15) is 11.1 Å². The maximum atomic E-state index is 13.3. The Bertz CT molecular complexity index is 2130. The predicted molar refractivity (Wildman–Crippen MR) is 207 cm³/mol. The molecule has 3 N–H and O–H groups in total. The lowest BCUT2D eigenvalue weighted by Gasteiger charge is -2.39. The number of benzene rings is 2. The van der Waals surface area contributed by atoms with Crippen molar-refractivity contribution in [1.82, 2.24) is 35.3 Å². The molecule has 56 heavy (non-hydrogen) atoms. The highest BCUT2D eigenvalue weighted by molar-refractivity contribution is 6.33. The Morgan fingerprint density at radius 3 is 2.39 bits per heavy atom. The summed E-state index contributed by atoms with van der Waals surface area (Å²) in [5.41, 5.74) is 3.68. The van der Waals surface area contributed by atoms with Gasteiger partial charge in [0.25, 0.3) is 11.8 Å². The van der Waals surface area contributed by atoms with Gasteiger partial charge >= 0.3 is 12.1 Å². The summed E-state index contributed by atoms with van der Waals surface area (Å²) in [5, 5.41) is 8.41. The van der Waals surface area contributed by atoms with Gasteiger partial charge in [0, 0.05) is 77.7 Å². The van der Waals surface area contributed by atoms with Gasteiger partial charge in [-0.25, -0.2) is 19.5 Å². The van der Waals surface area contributed by atoms with Gasteiger partial charge in [-0.05, 0) is 67.1 Å². The van der Waals surface area contributed by atoms with E-state index in [0.29, 0.717) is 34.0 Å². The lowest BCUT2D eigenvalue weighted by Crippen LogP contribution is -2.54. The number of halogens is 1. The normalized spacial score (nSPS) is 20.7. The van der Waals surface area contributed by atoms with Crippen LogP contribution in [0.4, 0.5) is 38.4 Å². The lowest BCUT2D eigenvalue weighted by molar-refractivity contribution is -0.136. The molecule has 3 aromatic rings. The fourth-order valence-electron chi connectivity index (χ4n) is 8.19. The Morgan fingerprint density at radius 1 is 0.911 bits per heavy atom. The molecule has 8 amide bonds. The zero-order chi connectivity index (χ0) is 39.2. The number of anilines is 5. The van der Waals surface area contributed by atoms with Gasteiger partial charge in [0.2, 0.25) is 17.8 Å². The summed E-state index contributed by atoms with van der Waals surface area (Å²) in [5.74, 6) is -0.459. The molecule has 292 valence electrons. The van der Waals surface area contributed by atoms with Crippen LogP contribution >= 0.6 is 11.6 Å². The number of urea groups is 2. The van der Waals surface area contributed by atoms with Crippen molar-refractivity contribution < 1.29 is 28.8 Å². The molecular formula is C38H42ClN11O6. The second-order valence-electron chi connectivity index (χ2n) is 14.7. The molecule has 3 fully saturated rings. The molecule has 18 heteroatoms. The molecule has 0 radical (unpaired) electrons. The topological polar surface area (TPSA) is 184 Å². The van der Waals surface area contributed by atoms with Crippen LogP contribution in [-0.2, 0) is 16.1 Å². The van der Waals surface area contributed by atoms with Gasteiger partial charge in [-0.1, -0.05) is 11.6 Å². The number of piperidine rings is 2. The molecule has 5 aliphatic rings. The van der Waals surface area contributed by atoms with Crippen molar-refractivity contribution in [3.8, 4) is 0 Å². The standard InChI is InChI=1S/C38H42ClN11O6/c1-40-37(55)49-21-23-17-24(3-6-29(23)45(2)38(49)56)42-32-28(39)19-41-36(44-32)48-15-13-46(14-16-48)20-22-9-11-47(12-10-22)25-4-5-26-27(18-25)35(54)50(34(26)53)30-7-8-31(51)43-33(30)52/h3-6,17-19,22,30H,7-16,20-21H2,1-2H3,(H,40,55)(H,41,42,44)(H,43,51,52). The summed E-state index contributed by atoms with van der Waals surface area (Å²) in [6.07, 6.45) is 3.78. The van der Waals surface area contributed by atoms with Crippen LogP contribution in [0.15, 0.2) is 42.6 Å². The number of aromatic nitrogens is 2. The fourth-order valence-corrected chi connectivity index (χ4v) is 8.33. The van der Waals surface area contributed by atoms with Crippen molar-refractivity contribution in [1.29, 1.82) is 0 Å². The van der Waals surface area contributed by atoms with Crippen molar-refractivity contribution >= 4 is 76.1 Å². The zero-order valence-corrected chi connectivity index (χ0v) is 31.8. The number of rotatable bonds is 7. The number of amides is 8. The van der Waals surface area contributed by atoms with Crippen LogP contribution in [0.25, 0.3) is 0 Å². The third-order valence-corrected chi connectivity index (χ3v) is 11.6. The molecule has 1 unspecified atom stereocenters. The third-order valence-electron chi connectivity index (χ3n) is 11.3. The zero-order valence-electron chi connectivity index (χ0n) is 31.1. The first-order valence-electron chi connectivity index (χ1n) is 18.8. The Morgan fingerprint density at radius 2 is 1.66 bits per heavy atom. The minimum absolute atomic E-state index is 0.0840. The number of hydrogen-bond acceptors (Lipinski definition) is 12. The summed E-state index contributed by atoms with van der Waals surface area (Å²) in [7, 11) is 3.12. The van der Waals surface area contributed by atoms with Crippen molar-refractivity contribution in [2.75, 3.05) is 79.9 Å². The van der Waals surface area contributed by atoms with Gasteiger partial charge in [-0.2, -0.15) is 4.98 Å². The summed E-state index contributed by atoms with van der Waals surface area (Å²) in [6.45, 7) is 5.98. The SMILES string of the molecule is CNC(=O)N1Cc2cc(Nc3nc(N4CCN(CC5CCN(c6ccc7c(c6)C(=O)N(C6CCC(=O)NC6=O)C7=O)CC5)CC4)ncc3Cl)ccc2N(C)C1=O. The van der Waals surface area contributed by atoms with Crippen LogP contribution in [0.3, 0.4) is 0 Å². The van der Waals surface area contributed by atoms with Crippen molar-refractivity contribution in [2.45, 2.75) is 38.3 Å². The summed E-state index contributed by atoms with van der Waals surface area (Å²) < 4.78 is 0. The largest absolute Gasteiger partial charge is 0.371 e. The first-order chi connectivity index (χ1) is 27.0. The van der Waals surface area contributed by atoms with Gasteiger partial charge in [0.05, 0.1) is 29.6 Å². The number of carbonyl (C=O) groups excluding carboxylic acids is 6. The van der Waals surface area contributed by atoms with Crippen molar-refractivity contribution in [3.05, 3.63) is 64.3 Å². The van der Waals surface area contributed by atoms with E-state index in [2.05, 4.69) is 35.6 Å². The second kappa shape index (κ2) is 15.0. The number of piperazine rings is 1. The van der Waals surface area contributed by atoms with Gasteiger partial charge in [-0.15, -0.1) is 0 Å². The molecule has 0 bridgehead atoms. The molecule has 0 saturated carbocycles. The first-order valence-corrected chi connectivity index (χ1v) is 19.1. The summed E-state index contributed by atoms with van der Waals surface area (Å²) in [6, 6.07) is 8.99. The molecule has 8 rings (SSSR count). The predicted octanol–water partition coefficient (Wildman–Crippen LogP) is 3.02. The third kappa shape index (κ3) is 6.96. The molecule has 1 atom stereocenters. The minimum Gasteiger partial charge on any atom is -0.371 e. The van der Waals surface area contributed by atoms with Crippen LogP contribution in [0, 0.1) is 5.92 Å². The van der Waals surface area contributed by atoms with Crippen LogP contribution in [-0.4, -0.2) is 126 Å². The summed E-state index contributed by atoms with van der Waals surface area (Å²) in [4.78, 5) is 95.2. The van der Waals surface area contributed by atoms with Gasteiger partial charge in [0.15, 0.2) is 5.82 Å². The monoisotopic (exact) mass is 783 g/mol. The number of nitrogens with one attached hydrogen (secondary N) is 3. The van der Waals surface area contributed by atoms with E-state index >= 15 is 0 Å². The first kappa shape index (κ1) is 37.1. The highest BCUT2D eigenvalue weighted by Crippen LogP contribution is 2.34. The molecular weight excluding hydrogens is 742 g/mol. The minimum atomic E-state index is -0.982. The highest BCUT2D eigenvalue weighted by Gasteiger charge is 2.45. The van der Waals surface area contributed by atoms with E-state index in [1.807, 2.05) is 24.3 Å². The van der Waals surface area contributed by atoms with E-state index in [-0.39, 0.29) is 24.9 Å². The molecule has 0 spiro atoms. The molecule has 0 aliphatic carbocycles. The summed E-state index contributed by atoms with van der Waals surface area (Å²) >= 11 is 6.53. The van der Waals surface area contributed by atoms with E-state index < -0.39 is 41.7 Å². The lowest BCUT2D eigenvalue weighted by atomic mass is 9.95. The second-order valence-corrected chi connectivity index (χ2v) is 15.1. The van der Waals surface area contributed by atoms with E-state index in [0.717, 1.165) is 85.4 Å². The number of imide groups is 3. The van der Waals surface area contributed by atoms with Gasteiger partial charge < -0.3 is 20.4 Å². The Balaban J connectivity index is 0.835. The average molecular weight is 784 g/mol. The fraction of sp³-hybridized carbons (Fsp3) is 0.421. The van der Waals surface area contributed by atoms with Gasteiger partial charge in [-0.3, -0.25) is 39.2 Å². The molecule has 17 nitrogen and oxygen atoms in total. The number of nitrogens with zero attached hydrogens (tertiary/aromatic N) is 8. The molecule has 6 heterocycles. The van der Waals surface area contributed by atoms with Crippen LogP contribution in [0.5, 0.6) is 0 Å². The van der Waals surface area contributed by atoms with E-state index in [4.69, 9.17) is 16.6 Å². The quantitative estimate of drug-likeness (QED) is 0.299. The maximum absolute atomic E-state index is 13.3. The van der Waals surface area contributed by atoms with Crippen LogP contribution < -0.4 is 30.7 Å². The van der Waals surface area contributed by atoms with Crippen molar-refractivity contribution in [2.24, 2.45) is 5.92 Å². The van der Waals surface area contributed by atoms with E-state index in [1.54, 1.807) is 25.4 Å². The molecule has 5 aliphatic heterocycles. The molecule has 1 aromatic heterocycles. The Labute approximate surface area is 327 Å². The Hall–Kier alpha value is -5.81. The number of carbonyl (C=O) groups is 6.